The Balaban J connectivity index is 1.88. The lowest BCUT2D eigenvalue weighted by atomic mass is 10.1. The monoisotopic (exact) mass is 279 g/mol. The molecule has 0 fully saturated rings. The average molecular weight is 279 g/mol. The molecule has 5 nitrogen and oxygen atoms in total. The molecule has 0 amide bonds. The maximum absolute atomic E-state index is 9.78. The summed E-state index contributed by atoms with van der Waals surface area (Å²) in [6.45, 7) is 2.00. The summed E-state index contributed by atoms with van der Waals surface area (Å²) in [4.78, 5) is 12.4. The van der Waals surface area contributed by atoms with E-state index >= 15 is 0 Å². The molecule has 0 atom stereocenters. The first-order chi connectivity index (χ1) is 10.2. The van der Waals surface area contributed by atoms with Crippen LogP contribution in [-0.4, -0.2) is 21.3 Å². The van der Waals surface area contributed by atoms with E-state index in [4.69, 9.17) is 4.42 Å². The van der Waals surface area contributed by atoms with Gasteiger partial charge in [0.1, 0.15) is 0 Å². The van der Waals surface area contributed by atoms with Crippen molar-refractivity contribution in [1.29, 1.82) is 0 Å². The molecule has 2 aromatic heterocycles. The topological polar surface area (TPSA) is 71.5 Å². The second-order valence-electron chi connectivity index (χ2n) is 4.52. The number of aromatic nitrogens is 2. The summed E-state index contributed by atoms with van der Waals surface area (Å²) >= 11 is 0. The summed E-state index contributed by atoms with van der Waals surface area (Å²) in [6, 6.07) is 13.1. The summed E-state index contributed by atoms with van der Waals surface area (Å²) in [5, 5.41) is 9.78. The zero-order chi connectivity index (χ0) is 14.7. The normalized spacial score (nSPS) is 11.1. The SMILES string of the molecule is Cc1ccc(-c2nc(C=Nc3ccccn3)c(O)o2)cc1. The van der Waals surface area contributed by atoms with Crippen LogP contribution in [0.4, 0.5) is 5.82 Å². The minimum absolute atomic E-state index is 0.259. The summed E-state index contributed by atoms with van der Waals surface area (Å²) in [5.41, 5.74) is 2.22. The molecule has 104 valence electrons. The highest BCUT2D eigenvalue weighted by Gasteiger charge is 2.12. The highest BCUT2D eigenvalue weighted by molar-refractivity contribution is 5.82. The fourth-order valence-corrected chi connectivity index (χ4v) is 1.78. The molecule has 21 heavy (non-hydrogen) atoms. The van der Waals surface area contributed by atoms with Crippen molar-refractivity contribution in [2.45, 2.75) is 6.92 Å². The third-order valence-electron chi connectivity index (χ3n) is 2.90. The Kier molecular flexibility index (Phi) is 3.47. The largest absolute Gasteiger partial charge is 0.479 e. The van der Waals surface area contributed by atoms with Crippen LogP contribution >= 0.6 is 0 Å². The van der Waals surface area contributed by atoms with Gasteiger partial charge in [-0.25, -0.2) is 15.0 Å². The van der Waals surface area contributed by atoms with E-state index in [1.54, 1.807) is 12.3 Å². The van der Waals surface area contributed by atoms with Crippen LogP contribution in [0.2, 0.25) is 0 Å². The van der Waals surface area contributed by atoms with Gasteiger partial charge in [-0.15, -0.1) is 0 Å². The first-order valence-electron chi connectivity index (χ1n) is 6.44. The highest BCUT2D eigenvalue weighted by atomic mass is 16.5. The molecule has 0 unspecified atom stereocenters. The van der Waals surface area contributed by atoms with Gasteiger partial charge in [-0.3, -0.25) is 0 Å². The number of hydrogen-bond acceptors (Lipinski definition) is 5. The van der Waals surface area contributed by atoms with Crippen molar-refractivity contribution in [3.63, 3.8) is 0 Å². The summed E-state index contributed by atoms with van der Waals surface area (Å²) in [5.74, 6) is 0.636. The maximum atomic E-state index is 9.78. The lowest BCUT2D eigenvalue weighted by molar-refractivity contribution is 0.337. The van der Waals surface area contributed by atoms with Gasteiger partial charge in [0.2, 0.25) is 5.89 Å². The first-order valence-corrected chi connectivity index (χ1v) is 6.44. The summed E-state index contributed by atoms with van der Waals surface area (Å²) in [6.07, 6.45) is 3.08. The quantitative estimate of drug-likeness (QED) is 0.745. The van der Waals surface area contributed by atoms with Gasteiger partial charge >= 0.3 is 5.95 Å². The summed E-state index contributed by atoms with van der Waals surface area (Å²) < 4.78 is 5.26. The van der Waals surface area contributed by atoms with Gasteiger partial charge in [-0.05, 0) is 31.2 Å². The van der Waals surface area contributed by atoms with Gasteiger partial charge in [0.25, 0.3) is 0 Å². The smallest absolute Gasteiger partial charge is 0.312 e. The van der Waals surface area contributed by atoms with E-state index in [1.165, 1.54) is 6.21 Å². The molecule has 5 heteroatoms. The van der Waals surface area contributed by atoms with E-state index in [9.17, 15) is 5.11 Å². The molecule has 0 saturated carbocycles. The molecule has 0 aliphatic heterocycles. The average Bonchev–Trinajstić information content (AvgIpc) is 2.88. The molecule has 0 spiro atoms. The van der Waals surface area contributed by atoms with Crippen molar-refractivity contribution >= 4 is 12.0 Å². The molecule has 1 N–H and O–H groups in total. The second-order valence-corrected chi connectivity index (χ2v) is 4.52. The number of aliphatic imine (C=N–C) groups is 1. The van der Waals surface area contributed by atoms with Crippen molar-refractivity contribution in [3.8, 4) is 17.4 Å². The minimum Gasteiger partial charge on any atom is -0.479 e. The molecule has 0 aliphatic rings. The number of hydrogen-bond donors (Lipinski definition) is 1. The lowest BCUT2D eigenvalue weighted by Crippen LogP contribution is -1.83. The van der Waals surface area contributed by atoms with Crippen molar-refractivity contribution in [2.24, 2.45) is 4.99 Å². The maximum Gasteiger partial charge on any atom is 0.312 e. The van der Waals surface area contributed by atoms with Crippen LogP contribution in [0.15, 0.2) is 58.1 Å². The predicted molar refractivity (Wildman–Crippen MR) is 79.8 cm³/mol. The molecular weight excluding hydrogens is 266 g/mol. The fourth-order valence-electron chi connectivity index (χ4n) is 1.78. The van der Waals surface area contributed by atoms with Gasteiger partial charge in [0.15, 0.2) is 11.5 Å². The standard InChI is InChI=1S/C16H13N3O2/c1-11-5-7-12(8-6-11)15-19-13(16(20)21-15)10-18-14-4-2-3-9-17-14/h2-10,20H,1H3. The van der Waals surface area contributed by atoms with Gasteiger partial charge in [0, 0.05) is 11.8 Å². The number of rotatable bonds is 3. The molecule has 3 rings (SSSR count). The zero-order valence-electron chi connectivity index (χ0n) is 11.4. The van der Waals surface area contributed by atoms with E-state index in [-0.39, 0.29) is 11.6 Å². The lowest BCUT2D eigenvalue weighted by Gasteiger charge is -1.95. The van der Waals surface area contributed by atoms with E-state index in [2.05, 4.69) is 15.0 Å². The van der Waals surface area contributed by atoms with Crippen molar-refractivity contribution in [1.82, 2.24) is 9.97 Å². The van der Waals surface area contributed by atoms with Crippen LogP contribution < -0.4 is 0 Å². The summed E-state index contributed by atoms with van der Waals surface area (Å²) in [7, 11) is 0. The van der Waals surface area contributed by atoms with E-state index in [1.807, 2.05) is 43.3 Å². The number of aryl methyl sites for hydroxylation is 1. The highest BCUT2D eigenvalue weighted by Crippen LogP contribution is 2.25. The molecule has 1 aromatic carbocycles. The Labute approximate surface area is 121 Å². The van der Waals surface area contributed by atoms with Crippen LogP contribution in [0.1, 0.15) is 11.3 Å². The number of aromatic hydroxyl groups is 1. The molecule has 0 radical (unpaired) electrons. The Morgan fingerprint density at radius 1 is 1.14 bits per heavy atom. The Morgan fingerprint density at radius 2 is 1.95 bits per heavy atom. The number of nitrogens with zero attached hydrogens (tertiary/aromatic N) is 3. The van der Waals surface area contributed by atoms with Gasteiger partial charge in [0.05, 0.1) is 6.21 Å². The van der Waals surface area contributed by atoms with Gasteiger partial charge in [-0.2, -0.15) is 0 Å². The molecule has 3 aromatic rings. The van der Waals surface area contributed by atoms with Crippen LogP contribution in [-0.2, 0) is 0 Å². The number of oxazole rings is 1. The third kappa shape index (κ3) is 2.97. The molecule has 0 aliphatic carbocycles. The Bertz CT molecular complexity index is 762. The van der Waals surface area contributed by atoms with Crippen LogP contribution in [0.25, 0.3) is 11.5 Å². The van der Waals surface area contributed by atoms with Crippen LogP contribution in [0.5, 0.6) is 5.95 Å². The Morgan fingerprint density at radius 3 is 2.67 bits per heavy atom. The zero-order valence-corrected chi connectivity index (χ0v) is 11.4. The van der Waals surface area contributed by atoms with Gasteiger partial charge in [-0.1, -0.05) is 23.8 Å². The van der Waals surface area contributed by atoms with Gasteiger partial charge < -0.3 is 9.52 Å². The predicted octanol–water partition coefficient (Wildman–Crippen LogP) is 3.50. The Hall–Kier alpha value is -2.95. The first kappa shape index (κ1) is 13.1. The minimum atomic E-state index is -0.259. The second kappa shape index (κ2) is 5.58. The van der Waals surface area contributed by atoms with E-state index < -0.39 is 0 Å². The number of benzene rings is 1. The molecule has 2 heterocycles. The van der Waals surface area contributed by atoms with Crippen molar-refractivity contribution in [3.05, 3.63) is 59.9 Å². The fraction of sp³-hybridized carbons (Fsp3) is 0.0625. The molecular formula is C16H13N3O2. The molecule has 0 saturated heterocycles. The van der Waals surface area contributed by atoms with E-state index in [0.717, 1.165) is 11.1 Å². The van der Waals surface area contributed by atoms with Crippen molar-refractivity contribution < 1.29 is 9.52 Å². The van der Waals surface area contributed by atoms with Crippen LogP contribution in [0, 0.1) is 6.92 Å². The van der Waals surface area contributed by atoms with Crippen LogP contribution in [0.3, 0.4) is 0 Å². The third-order valence-corrected chi connectivity index (χ3v) is 2.90. The van der Waals surface area contributed by atoms with Crippen molar-refractivity contribution in [2.75, 3.05) is 0 Å². The number of pyridine rings is 1. The molecule has 0 bridgehead atoms. The van der Waals surface area contributed by atoms with E-state index in [0.29, 0.717) is 11.7 Å².